The second-order valence-electron chi connectivity index (χ2n) is 4.71. The first-order chi connectivity index (χ1) is 8.40. The molecule has 0 radical (unpaired) electrons. The molecule has 2 N–H and O–H groups in total. The molecule has 2 aliphatic carbocycles. The first kappa shape index (κ1) is 9.29. The lowest BCUT2D eigenvalue weighted by molar-refractivity contribution is 0.179. The molecule has 7 heteroatoms. The van der Waals surface area contributed by atoms with E-state index in [1.54, 1.807) is 7.11 Å². The maximum atomic E-state index is 5.22. The molecule has 1 fully saturated rings. The molecule has 0 spiro atoms. The van der Waals surface area contributed by atoms with Gasteiger partial charge in [-0.05, 0) is 23.5 Å². The predicted molar refractivity (Wildman–Crippen MR) is 57.1 cm³/mol. The molecule has 1 saturated carbocycles. The average molecular weight is 232 g/mol. The van der Waals surface area contributed by atoms with Crippen LogP contribution in [0.5, 0.6) is 0 Å². The van der Waals surface area contributed by atoms with Crippen molar-refractivity contribution in [1.29, 1.82) is 0 Å². The van der Waals surface area contributed by atoms with Crippen LogP contribution in [0.15, 0.2) is 0 Å². The first-order valence-electron chi connectivity index (χ1n) is 5.70. The Hall–Kier alpha value is -1.76. The van der Waals surface area contributed by atoms with Crippen molar-refractivity contribution in [3.63, 3.8) is 0 Å². The SMILES string of the molecule is COC[C@@H]1[C@H]2Cc3c(-c4nn[nH]n4)n[nH]c3[C@@H]12. The Labute approximate surface area is 97.0 Å². The standard InChI is InChI=1S/C10H12N6O/c1-17-3-6-4-2-5-8(7(4)6)11-12-9(5)10-13-15-16-14-10/h4,6-7H,2-3H2,1H3,(H,11,12)(H,13,14,15,16)/t4-,6-,7-/m1/s1. The van der Waals surface area contributed by atoms with Crippen LogP contribution in [0.4, 0.5) is 0 Å². The quantitative estimate of drug-likeness (QED) is 0.784. The van der Waals surface area contributed by atoms with Gasteiger partial charge in [0.05, 0.1) is 0 Å². The summed E-state index contributed by atoms with van der Waals surface area (Å²) in [6, 6.07) is 0. The molecule has 0 amide bonds. The van der Waals surface area contributed by atoms with Gasteiger partial charge in [0.15, 0.2) is 0 Å². The Morgan fingerprint density at radius 1 is 1.41 bits per heavy atom. The van der Waals surface area contributed by atoms with E-state index in [2.05, 4.69) is 30.8 Å². The van der Waals surface area contributed by atoms with Crippen molar-refractivity contribution >= 4 is 0 Å². The Balaban J connectivity index is 1.68. The van der Waals surface area contributed by atoms with E-state index in [-0.39, 0.29) is 0 Å². The number of nitrogens with one attached hydrogen (secondary N) is 2. The van der Waals surface area contributed by atoms with Gasteiger partial charge in [-0.25, -0.2) is 0 Å². The maximum Gasteiger partial charge on any atom is 0.225 e. The third-order valence-electron chi connectivity index (χ3n) is 3.92. The first-order valence-corrected chi connectivity index (χ1v) is 5.70. The van der Waals surface area contributed by atoms with Crippen LogP contribution in [0.25, 0.3) is 11.5 Å². The zero-order chi connectivity index (χ0) is 11.4. The van der Waals surface area contributed by atoms with Gasteiger partial charge in [-0.2, -0.15) is 10.3 Å². The van der Waals surface area contributed by atoms with Gasteiger partial charge in [0.1, 0.15) is 5.69 Å². The highest BCUT2D eigenvalue weighted by Gasteiger charge is 2.57. The van der Waals surface area contributed by atoms with Gasteiger partial charge in [-0.3, -0.25) is 5.10 Å². The largest absolute Gasteiger partial charge is 0.384 e. The molecule has 0 bridgehead atoms. The van der Waals surface area contributed by atoms with Crippen LogP contribution in [0.2, 0.25) is 0 Å². The molecule has 17 heavy (non-hydrogen) atoms. The van der Waals surface area contributed by atoms with Gasteiger partial charge in [-0.1, -0.05) is 0 Å². The predicted octanol–water partition coefficient (Wildman–Crippen LogP) is 0.122. The molecule has 0 saturated heterocycles. The summed E-state index contributed by atoms with van der Waals surface area (Å²) in [5.41, 5.74) is 3.35. The van der Waals surface area contributed by atoms with E-state index in [0.717, 1.165) is 18.7 Å². The van der Waals surface area contributed by atoms with E-state index in [1.807, 2.05) is 0 Å². The molecule has 88 valence electrons. The number of tetrazole rings is 1. The molecule has 2 aromatic heterocycles. The monoisotopic (exact) mass is 232 g/mol. The summed E-state index contributed by atoms with van der Waals surface area (Å²) in [5.74, 6) is 2.54. The molecule has 0 aliphatic heterocycles. The molecule has 2 heterocycles. The molecular weight excluding hydrogens is 220 g/mol. The third-order valence-corrected chi connectivity index (χ3v) is 3.92. The van der Waals surface area contributed by atoms with Crippen LogP contribution in [0.3, 0.4) is 0 Å². The lowest BCUT2D eigenvalue weighted by Crippen LogP contribution is -2.00. The minimum Gasteiger partial charge on any atom is -0.384 e. The van der Waals surface area contributed by atoms with Crippen molar-refractivity contribution in [2.24, 2.45) is 11.8 Å². The number of aromatic amines is 2. The molecule has 7 nitrogen and oxygen atoms in total. The fraction of sp³-hybridized carbons (Fsp3) is 0.600. The highest BCUT2D eigenvalue weighted by atomic mass is 16.5. The lowest BCUT2D eigenvalue weighted by atomic mass is 10.1. The van der Waals surface area contributed by atoms with Crippen molar-refractivity contribution in [2.75, 3.05) is 13.7 Å². The Bertz CT molecular complexity index is 547. The second-order valence-corrected chi connectivity index (χ2v) is 4.71. The molecule has 4 rings (SSSR count). The van der Waals surface area contributed by atoms with E-state index in [9.17, 15) is 0 Å². The fourth-order valence-electron chi connectivity index (χ4n) is 3.11. The van der Waals surface area contributed by atoms with E-state index in [4.69, 9.17) is 4.74 Å². The molecule has 2 aromatic rings. The van der Waals surface area contributed by atoms with Crippen molar-refractivity contribution < 1.29 is 4.74 Å². The normalized spacial score (nSPS) is 29.1. The fourth-order valence-corrected chi connectivity index (χ4v) is 3.11. The Morgan fingerprint density at radius 3 is 3.12 bits per heavy atom. The van der Waals surface area contributed by atoms with E-state index >= 15 is 0 Å². The average Bonchev–Trinajstić information content (AvgIpc) is 2.82. The summed E-state index contributed by atoms with van der Waals surface area (Å²) in [6.07, 6.45) is 1.05. The number of hydrogen-bond donors (Lipinski definition) is 2. The van der Waals surface area contributed by atoms with Crippen LogP contribution in [0.1, 0.15) is 17.2 Å². The minimum absolute atomic E-state index is 0.576. The van der Waals surface area contributed by atoms with Crippen LogP contribution < -0.4 is 0 Å². The van der Waals surface area contributed by atoms with Gasteiger partial charge in [0.25, 0.3) is 0 Å². The summed E-state index contributed by atoms with van der Waals surface area (Å²) in [5, 5.41) is 21.4. The third kappa shape index (κ3) is 1.14. The van der Waals surface area contributed by atoms with Crippen LogP contribution in [0, 0.1) is 11.8 Å². The van der Waals surface area contributed by atoms with E-state index in [0.29, 0.717) is 23.6 Å². The number of methoxy groups -OCH3 is 1. The van der Waals surface area contributed by atoms with Crippen molar-refractivity contribution in [3.8, 4) is 11.5 Å². The maximum absolute atomic E-state index is 5.22. The summed E-state index contributed by atoms with van der Waals surface area (Å²) < 4.78 is 5.22. The number of fused-ring (bicyclic) bond motifs is 3. The number of ether oxygens (including phenoxy) is 1. The zero-order valence-electron chi connectivity index (χ0n) is 9.34. The van der Waals surface area contributed by atoms with Gasteiger partial charge >= 0.3 is 0 Å². The van der Waals surface area contributed by atoms with E-state index < -0.39 is 0 Å². The van der Waals surface area contributed by atoms with Gasteiger partial charge in [0, 0.05) is 30.9 Å². The van der Waals surface area contributed by atoms with E-state index in [1.165, 1.54) is 11.3 Å². The molecule has 2 aliphatic rings. The highest BCUT2D eigenvalue weighted by Crippen LogP contribution is 2.61. The summed E-state index contributed by atoms with van der Waals surface area (Å²) in [4.78, 5) is 0. The Kier molecular flexibility index (Phi) is 1.71. The number of aromatic nitrogens is 6. The number of rotatable bonds is 3. The summed E-state index contributed by atoms with van der Waals surface area (Å²) >= 11 is 0. The molecule has 0 aromatic carbocycles. The van der Waals surface area contributed by atoms with Crippen molar-refractivity contribution in [3.05, 3.63) is 11.3 Å². The Morgan fingerprint density at radius 2 is 2.35 bits per heavy atom. The summed E-state index contributed by atoms with van der Waals surface area (Å²) in [6.45, 7) is 0.839. The van der Waals surface area contributed by atoms with Crippen molar-refractivity contribution in [2.45, 2.75) is 12.3 Å². The summed E-state index contributed by atoms with van der Waals surface area (Å²) in [7, 11) is 1.76. The van der Waals surface area contributed by atoms with Crippen LogP contribution in [-0.2, 0) is 11.2 Å². The highest BCUT2D eigenvalue weighted by molar-refractivity contribution is 5.59. The lowest BCUT2D eigenvalue weighted by Gasteiger charge is -2.02. The van der Waals surface area contributed by atoms with Gasteiger partial charge in [0.2, 0.25) is 5.82 Å². The van der Waals surface area contributed by atoms with Gasteiger partial charge in [-0.15, -0.1) is 10.2 Å². The number of H-pyrrole nitrogens is 2. The van der Waals surface area contributed by atoms with Gasteiger partial charge < -0.3 is 4.74 Å². The minimum atomic E-state index is 0.576. The zero-order valence-corrected chi connectivity index (χ0v) is 9.34. The van der Waals surface area contributed by atoms with Crippen molar-refractivity contribution in [1.82, 2.24) is 30.8 Å². The number of nitrogens with zero attached hydrogens (tertiary/aromatic N) is 4. The van der Waals surface area contributed by atoms with Crippen LogP contribution >= 0.6 is 0 Å². The molecule has 3 atom stereocenters. The smallest absolute Gasteiger partial charge is 0.225 e. The molecular formula is C10H12N6O. The second kappa shape index (κ2) is 3.13. The van der Waals surface area contributed by atoms with Crippen LogP contribution in [-0.4, -0.2) is 44.5 Å². The topological polar surface area (TPSA) is 92.4 Å². The molecule has 0 unspecified atom stereocenters. The number of hydrogen-bond acceptors (Lipinski definition) is 5.